The number of nitriles is 1. The van der Waals surface area contributed by atoms with Gasteiger partial charge in [-0.1, -0.05) is 38.0 Å². The number of fused-ring (bicyclic) bond motifs is 1. The number of nitrogens with zero attached hydrogens (tertiary/aromatic N) is 5. The van der Waals surface area contributed by atoms with Crippen LogP contribution in [0.2, 0.25) is 0 Å². The summed E-state index contributed by atoms with van der Waals surface area (Å²) in [6.07, 6.45) is 12.5. The number of aromatic nitrogens is 4. The van der Waals surface area contributed by atoms with Gasteiger partial charge in [-0.2, -0.15) is 10.4 Å². The zero-order valence-electron chi connectivity index (χ0n) is 17.0. The highest BCUT2D eigenvalue weighted by molar-refractivity contribution is 5.89. The van der Waals surface area contributed by atoms with Gasteiger partial charge >= 0.3 is 0 Å². The Hall–Kier alpha value is -3.52. The topological polar surface area (TPSA) is 67.4 Å². The third kappa shape index (κ3) is 3.35. The summed E-state index contributed by atoms with van der Waals surface area (Å²) in [6, 6.07) is 14.2. The first-order valence-corrected chi connectivity index (χ1v) is 10.4. The number of benzene rings is 1. The maximum absolute atomic E-state index is 9.78. The summed E-state index contributed by atoms with van der Waals surface area (Å²) in [5, 5.41) is 15.5. The van der Waals surface area contributed by atoms with E-state index in [0.717, 1.165) is 39.8 Å². The van der Waals surface area contributed by atoms with Gasteiger partial charge in [0.15, 0.2) is 0 Å². The second-order valence-corrected chi connectivity index (χ2v) is 8.55. The average molecular weight is 393 g/mol. The molecule has 1 aliphatic rings. The molecule has 0 aliphatic heterocycles. The third-order valence-electron chi connectivity index (χ3n) is 6.23. The highest BCUT2D eigenvalue weighted by Gasteiger charge is 2.29. The molecule has 0 atom stereocenters. The fourth-order valence-corrected chi connectivity index (χ4v) is 4.64. The Morgan fingerprint density at radius 3 is 2.77 bits per heavy atom. The van der Waals surface area contributed by atoms with Crippen molar-refractivity contribution in [2.75, 3.05) is 0 Å². The third-order valence-corrected chi connectivity index (χ3v) is 6.23. The average Bonchev–Trinajstić information content (AvgIpc) is 3.42. The largest absolute Gasteiger partial charge is 0.272 e. The van der Waals surface area contributed by atoms with Crippen LogP contribution in [-0.2, 0) is 6.54 Å². The zero-order valence-corrected chi connectivity index (χ0v) is 17.0. The van der Waals surface area contributed by atoms with Crippen LogP contribution in [-0.4, -0.2) is 19.7 Å². The summed E-state index contributed by atoms with van der Waals surface area (Å²) >= 11 is 0. The van der Waals surface area contributed by atoms with E-state index < -0.39 is 0 Å². The van der Waals surface area contributed by atoms with Crippen LogP contribution in [0.15, 0.2) is 61.2 Å². The molecule has 5 rings (SSSR count). The van der Waals surface area contributed by atoms with Gasteiger partial charge in [0, 0.05) is 47.2 Å². The predicted octanol–water partition coefficient (Wildman–Crippen LogP) is 5.61. The maximum Gasteiger partial charge on any atom is 0.0999 e. The highest BCUT2D eigenvalue weighted by atomic mass is 15.3. The van der Waals surface area contributed by atoms with Crippen molar-refractivity contribution >= 4 is 10.9 Å². The molecule has 0 bridgehead atoms. The molecular formula is C25H23N5. The first-order valence-electron chi connectivity index (χ1n) is 10.4. The molecular weight excluding hydrogens is 370 g/mol. The van der Waals surface area contributed by atoms with E-state index in [1.54, 1.807) is 18.5 Å². The minimum atomic E-state index is 0.309. The van der Waals surface area contributed by atoms with Crippen LogP contribution in [0.5, 0.6) is 0 Å². The van der Waals surface area contributed by atoms with E-state index in [-0.39, 0.29) is 0 Å². The van der Waals surface area contributed by atoms with Crippen molar-refractivity contribution in [1.82, 2.24) is 19.7 Å². The summed E-state index contributed by atoms with van der Waals surface area (Å²) in [7, 11) is 0. The molecule has 0 saturated heterocycles. The lowest BCUT2D eigenvalue weighted by Gasteiger charge is -2.22. The molecule has 0 spiro atoms. The SMILES string of the molecule is CC1(Cn2cc(-c3c(C#N)ccnc3-c3ccc4cccnc4c3)cn2)CCCC1. The molecule has 3 heterocycles. The summed E-state index contributed by atoms with van der Waals surface area (Å²) < 4.78 is 2.03. The fourth-order valence-electron chi connectivity index (χ4n) is 4.64. The molecule has 1 fully saturated rings. The van der Waals surface area contributed by atoms with Crippen molar-refractivity contribution in [1.29, 1.82) is 5.26 Å². The van der Waals surface area contributed by atoms with Crippen LogP contribution in [0.1, 0.15) is 38.2 Å². The van der Waals surface area contributed by atoms with E-state index >= 15 is 0 Å². The molecule has 3 aromatic heterocycles. The molecule has 1 aromatic carbocycles. The van der Waals surface area contributed by atoms with Crippen LogP contribution in [0.4, 0.5) is 0 Å². The van der Waals surface area contributed by atoms with Gasteiger partial charge in [0.25, 0.3) is 0 Å². The molecule has 0 amide bonds. The van der Waals surface area contributed by atoms with Crippen LogP contribution >= 0.6 is 0 Å². The first kappa shape index (κ1) is 18.5. The normalized spacial score (nSPS) is 15.3. The standard InChI is InChI=1S/C25H23N5/c1-25(9-2-3-10-25)17-30-16-21(15-29-30)23-20(14-26)8-12-28-24(23)19-7-6-18-5-4-11-27-22(18)13-19/h4-8,11-13,15-16H,2-3,9-10,17H2,1H3. The van der Waals surface area contributed by atoms with E-state index in [4.69, 9.17) is 0 Å². The van der Waals surface area contributed by atoms with Gasteiger partial charge in [-0.25, -0.2) is 0 Å². The Morgan fingerprint density at radius 2 is 1.93 bits per heavy atom. The smallest absolute Gasteiger partial charge is 0.0999 e. The van der Waals surface area contributed by atoms with Crippen molar-refractivity contribution < 1.29 is 0 Å². The quantitative estimate of drug-likeness (QED) is 0.452. The number of hydrogen-bond acceptors (Lipinski definition) is 4. The maximum atomic E-state index is 9.78. The van der Waals surface area contributed by atoms with Crippen molar-refractivity contribution in [3.8, 4) is 28.5 Å². The van der Waals surface area contributed by atoms with Gasteiger partial charge in [0.1, 0.15) is 0 Å². The molecule has 0 radical (unpaired) electrons. The molecule has 5 nitrogen and oxygen atoms in total. The molecule has 1 aliphatic carbocycles. The van der Waals surface area contributed by atoms with Crippen molar-refractivity contribution in [2.24, 2.45) is 5.41 Å². The van der Waals surface area contributed by atoms with E-state index in [9.17, 15) is 5.26 Å². The van der Waals surface area contributed by atoms with Gasteiger partial charge < -0.3 is 0 Å². The van der Waals surface area contributed by atoms with Gasteiger partial charge in [0.05, 0.1) is 29.0 Å². The summed E-state index contributed by atoms with van der Waals surface area (Å²) in [6.45, 7) is 3.25. The van der Waals surface area contributed by atoms with Gasteiger partial charge in [0.2, 0.25) is 0 Å². The zero-order chi connectivity index (χ0) is 20.6. The molecule has 148 valence electrons. The van der Waals surface area contributed by atoms with Crippen LogP contribution < -0.4 is 0 Å². The van der Waals surface area contributed by atoms with E-state index in [0.29, 0.717) is 11.0 Å². The Morgan fingerprint density at radius 1 is 1.07 bits per heavy atom. The second-order valence-electron chi connectivity index (χ2n) is 8.55. The van der Waals surface area contributed by atoms with Crippen molar-refractivity contribution in [2.45, 2.75) is 39.2 Å². The summed E-state index contributed by atoms with van der Waals surface area (Å²) in [4.78, 5) is 9.12. The van der Waals surface area contributed by atoms with E-state index in [2.05, 4.69) is 34.3 Å². The number of pyridine rings is 2. The Bertz CT molecular complexity index is 1260. The molecule has 30 heavy (non-hydrogen) atoms. The Labute approximate surface area is 176 Å². The minimum absolute atomic E-state index is 0.309. The van der Waals surface area contributed by atoms with E-state index in [1.165, 1.54) is 25.7 Å². The van der Waals surface area contributed by atoms with Crippen LogP contribution in [0, 0.1) is 16.7 Å². The number of rotatable bonds is 4. The molecule has 5 heteroatoms. The second kappa shape index (κ2) is 7.38. The lowest BCUT2D eigenvalue weighted by atomic mass is 9.89. The lowest BCUT2D eigenvalue weighted by molar-refractivity contribution is 0.268. The van der Waals surface area contributed by atoms with Gasteiger partial charge in [-0.15, -0.1) is 0 Å². The fraction of sp³-hybridized carbons (Fsp3) is 0.280. The Kier molecular flexibility index (Phi) is 4.55. The highest BCUT2D eigenvalue weighted by Crippen LogP contribution is 2.39. The van der Waals surface area contributed by atoms with E-state index in [1.807, 2.05) is 41.2 Å². The molecule has 0 N–H and O–H groups in total. The van der Waals surface area contributed by atoms with Gasteiger partial charge in [-0.05, 0) is 36.5 Å². The van der Waals surface area contributed by atoms with Gasteiger partial charge in [-0.3, -0.25) is 14.6 Å². The summed E-state index contributed by atoms with van der Waals surface area (Å²) in [5.41, 5.74) is 5.32. The monoisotopic (exact) mass is 393 g/mol. The van der Waals surface area contributed by atoms with Crippen molar-refractivity contribution in [3.63, 3.8) is 0 Å². The number of hydrogen-bond donors (Lipinski definition) is 0. The lowest BCUT2D eigenvalue weighted by Crippen LogP contribution is -2.19. The summed E-state index contributed by atoms with van der Waals surface area (Å²) in [5.74, 6) is 0. The molecule has 1 saturated carbocycles. The van der Waals surface area contributed by atoms with Crippen molar-refractivity contribution in [3.05, 3.63) is 66.7 Å². The molecule has 0 unspecified atom stereocenters. The first-order chi connectivity index (χ1) is 14.6. The van der Waals surface area contributed by atoms with Crippen LogP contribution in [0.25, 0.3) is 33.3 Å². The minimum Gasteiger partial charge on any atom is -0.272 e. The van der Waals surface area contributed by atoms with Crippen LogP contribution in [0.3, 0.4) is 0 Å². The molecule has 4 aromatic rings. The predicted molar refractivity (Wildman–Crippen MR) is 117 cm³/mol. The Balaban J connectivity index is 1.59.